The van der Waals surface area contributed by atoms with Crippen LogP contribution in [0.2, 0.25) is 0 Å². The highest BCUT2D eigenvalue weighted by atomic mass is 15.3. The highest BCUT2D eigenvalue weighted by Crippen LogP contribution is 2.29. The molecule has 1 aromatic carbocycles. The van der Waals surface area contributed by atoms with Crippen LogP contribution in [0, 0.1) is 6.92 Å². The maximum atomic E-state index is 4.65. The van der Waals surface area contributed by atoms with E-state index in [4.69, 9.17) is 0 Å². The number of benzene rings is 1. The van der Waals surface area contributed by atoms with E-state index in [9.17, 15) is 0 Å². The summed E-state index contributed by atoms with van der Waals surface area (Å²) in [5, 5.41) is 11.7. The van der Waals surface area contributed by atoms with E-state index in [1.54, 1.807) is 6.20 Å². The number of nitrogens with one attached hydrogen (secondary N) is 1. The predicted octanol–water partition coefficient (Wildman–Crippen LogP) is 4.12. The fourth-order valence-corrected chi connectivity index (χ4v) is 2.95. The molecule has 6 nitrogen and oxygen atoms in total. The van der Waals surface area contributed by atoms with Gasteiger partial charge in [-0.2, -0.15) is 10.1 Å². The molecular formula is C21H26N6. The Morgan fingerprint density at radius 3 is 2.63 bits per heavy atom. The first-order valence-corrected chi connectivity index (χ1v) is 9.21. The lowest BCUT2D eigenvalue weighted by molar-refractivity contribution is 0.838. The number of likely N-dealkylation sites (N-methyl/N-ethyl adjacent to an activating group) is 1. The summed E-state index contributed by atoms with van der Waals surface area (Å²) >= 11 is 0. The molecule has 0 spiro atoms. The Morgan fingerprint density at radius 1 is 1.11 bits per heavy atom. The first kappa shape index (κ1) is 18.8. The molecule has 0 fully saturated rings. The summed E-state index contributed by atoms with van der Waals surface area (Å²) in [5.41, 5.74) is 4.72. The fourth-order valence-electron chi connectivity index (χ4n) is 2.95. The minimum absolute atomic E-state index is 0.409. The first-order valence-electron chi connectivity index (χ1n) is 9.21. The number of rotatable bonds is 7. The molecule has 2 heterocycles. The molecule has 0 amide bonds. The molecule has 0 saturated heterocycles. The number of anilines is 3. The fraction of sp³-hybridized carbons (Fsp3) is 0.333. The Kier molecular flexibility index (Phi) is 5.96. The van der Waals surface area contributed by atoms with Gasteiger partial charge in [-0.3, -0.25) is 4.98 Å². The summed E-state index contributed by atoms with van der Waals surface area (Å²) in [6, 6.07) is 10.4. The lowest BCUT2D eigenvalue weighted by Crippen LogP contribution is -2.22. The zero-order chi connectivity index (χ0) is 19.2. The molecule has 1 N–H and O–H groups in total. The van der Waals surface area contributed by atoms with Crippen LogP contribution in [0.15, 0.2) is 48.9 Å². The van der Waals surface area contributed by atoms with Crippen LogP contribution in [0.4, 0.5) is 17.5 Å². The third kappa shape index (κ3) is 4.78. The Balaban J connectivity index is 1.74. The van der Waals surface area contributed by atoms with E-state index in [0.29, 0.717) is 11.9 Å². The van der Waals surface area contributed by atoms with Gasteiger partial charge < -0.3 is 10.2 Å². The smallest absolute Gasteiger partial charge is 0.249 e. The van der Waals surface area contributed by atoms with E-state index in [1.165, 1.54) is 16.7 Å². The number of aromatic nitrogens is 4. The van der Waals surface area contributed by atoms with Crippen molar-refractivity contribution in [1.82, 2.24) is 20.2 Å². The number of hydrogen-bond donors (Lipinski definition) is 1. The molecule has 3 aromatic rings. The van der Waals surface area contributed by atoms with Crippen LogP contribution in [-0.4, -0.2) is 33.8 Å². The van der Waals surface area contributed by atoms with E-state index < -0.39 is 0 Å². The molecule has 0 radical (unpaired) electrons. The molecule has 0 unspecified atom stereocenters. The minimum atomic E-state index is 0.409. The highest BCUT2D eigenvalue weighted by molar-refractivity contribution is 5.64. The Morgan fingerprint density at radius 2 is 1.89 bits per heavy atom. The summed E-state index contributed by atoms with van der Waals surface area (Å²) in [6.07, 6.45) is 6.25. The van der Waals surface area contributed by atoms with Crippen LogP contribution in [0.5, 0.6) is 0 Å². The summed E-state index contributed by atoms with van der Waals surface area (Å²) in [5.74, 6) is 1.72. The molecule has 0 saturated carbocycles. The molecule has 3 rings (SSSR count). The van der Waals surface area contributed by atoms with E-state index in [1.807, 2.05) is 31.6 Å². The first-order chi connectivity index (χ1) is 13.0. The quantitative estimate of drug-likeness (QED) is 0.682. The van der Waals surface area contributed by atoms with Gasteiger partial charge in [0.1, 0.15) is 0 Å². The molecule has 0 bridgehead atoms. The summed E-state index contributed by atoms with van der Waals surface area (Å²) in [6.45, 7) is 7.29. The van der Waals surface area contributed by atoms with Gasteiger partial charge in [0.25, 0.3) is 0 Å². The van der Waals surface area contributed by atoms with E-state index in [2.05, 4.69) is 69.4 Å². The van der Waals surface area contributed by atoms with Crippen molar-refractivity contribution in [3.05, 3.63) is 65.6 Å². The third-order valence-corrected chi connectivity index (χ3v) is 4.59. The van der Waals surface area contributed by atoms with Gasteiger partial charge in [-0.15, -0.1) is 5.10 Å². The van der Waals surface area contributed by atoms with Crippen LogP contribution in [-0.2, 0) is 6.42 Å². The molecule has 140 valence electrons. The van der Waals surface area contributed by atoms with Gasteiger partial charge in [0, 0.05) is 31.7 Å². The topological polar surface area (TPSA) is 66.8 Å². The Bertz CT molecular complexity index is 879. The summed E-state index contributed by atoms with van der Waals surface area (Å²) in [7, 11) is 2.02. The Labute approximate surface area is 160 Å². The molecule has 0 aliphatic heterocycles. The molecule has 6 heteroatoms. The number of hydrogen-bond acceptors (Lipinski definition) is 6. The molecule has 2 aromatic heterocycles. The standard InChI is InChI=1S/C21H26N6/c1-15(2)18-7-5-6-16(3)20(18)25-21-24-19(14-23-26-21)27(4)13-10-17-8-11-22-12-9-17/h5-9,11-12,14-15H,10,13H2,1-4H3,(H,24,25,26). The van der Waals surface area contributed by atoms with Gasteiger partial charge in [0.05, 0.1) is 6.20 Å². The lowest BCUT2D eigenvalue weighted by atomic mass is 9.98. The summed E-state index contributed by atoms with van der Waals surface area (Å²) < 4.78 is 0. The zero-order valence-corrected chi connectivity index (χ0v) is 16.3. The van der Waals surface area contributed by atoms with Crippen molar-refractivity contribution in [2.45, 2.75) is 33.1 Å². The number of para-hydroxylation sites is 1. The average Bonchev–Trinajstić information content (AvgIpc) is 2.68. The van der Waals surface area contributed by atoms with Gasteiger partial charge in [0.2, 0.25) is 5.95 Å². The van der Waals surface area contributed by atoms with Crippen molar-refractivity contribution in [2.24, 2.45) is 0 Å². The van der Waals surface area contributed by atoms with Crippen molar-refractivity contribution in [2.75, 3.05) is 23.8 Å². The molecular weight excluding hydrogens is 336 g/mol. The third-order valence-electron chi connectivity index (χ3n) is 4.59. The second-order valence-electron chi connectivity index (χ2n) is 6.98. The normalized spacial score (nSPS) is 10.9. The highest BCUT2D eigenvalue weighted by Gasteiger charge is 2.12. The van der Waals surface area contributed by atoms with Crippen molar-refractivity contribution < 1.29 is 0 Å². The maximum Gasteiger partial charge on any atom is 0.249 e. The monoisotopic (exact) mass is 362 g/mol. The van der Waals surface area contributed by atoms with Crippen LogP contribution in [0.25, 0.3) is 0 Å². The van der Waals surface area contributed by atoms with Crippen molar-refractivity contribution in [3.63, 3.8) is 0 Å². The number of nitrogens with zero attached hydrogens (tertiary/aromatic N) is 5. The minimum Gasteiger partial charge on any atom is -0.358 e. The zero-order valence-electron chi connectivity index (χ0n) is 16.3. The number of pyridine rings is 1. The van der Waals surface area contributed by atoms with Gasteiger partial charge >= 0.3 is 0 Å². The maximum absolute atomic E-state index is 4.65. The SMILES string of the molecule is Cc1cccc(C(C)C)c1Nc1nncc(N(C)CCc2ccncc2)n1. The molecule has 27 heavy (non-hydrogen) atoms. The van der Waals surface area contributed by atoms with Gasteiger partial charge in [-0.1, -0.05) is 32.0 Å². The largest absolute Gasteiger partial charge is 0.358 e. The van der Waals surface area contributed by atoms with Crippen molar-refractivity contribution >= 4 is 17.5 Å². The van der Waals surface area contributed by atoms with Crippen LogP contribution >= 0.6 is 0 Å². The van der Waals surface area contributed by atoms with Gasteiger partial charge in [-0.25, -0.2) is 0 Å². The second-order valence-corrected chi connectivity index (χ2v) is 6.98. The average molecular weight is 362 g/mol. The second kappa shape index (κ2) is 8.58. The molecule has 0 aliphatic rings. The van der Waals surface area contributed by atoms with E-state index in [0.717, 1.165) is 24.5 Å². The van der Waals surface area contributed by atoms with Crippen LogP contribution in [0.3, 0.4) is 0 Å². The lowest BCUT2D eigenvalue weighted by Gasteiger charge is -2.19. The van der Waals surface area contributed by atoms with E-state index in [-0.39, 0.29) is 0 Å². The van der Waals surface area contributed by atoms with E-state index >= 15 is 0 Å². The molecule has 0 atom stereocenters. The van der Waals surface area contributed by atoms with Gasteiger partial charge in [0.15, 0.2) is 5.82 Å². The predicted molar refractivity (Wildman–Crippen MR) is 110 cm³/mol. The van der Waals surface area contributed by atoms with Crippen LogP contribution < -0.4 is 10.2 Å². The Hall–Kier alpha value is -3.02. The molecule has 0 aliphatic carbocycles. The van der Waals surface area contributed by atoms with Crippen molar-refractivity contribution in [1.29, 1.82) is 0 Å². The van der Waals surface area contributed by atoms with Gasteiger partial charge in [-0.05, 0) is 48.1 Å². The summed E-state index contributed by atoms with van der Waals surface area (Å²) in [4.78, 5) is 10.8. The van der Waals surface area contributed by atoms with Crippen LogP contribution in [0.1, 0.15) is 36.5 Å². The van der Waals surface area contributed by atoms with Crippen molar-refractivity contribution in [3.8, 4) is 0 Å². The number of aryl methyl sites for hydroxylation is 1.